The zero-order valence-corrected chi connectivity index (χ0v) is 9.66. The first-order valence-electron chi connectivity index (χ1n) is 5.25. The van der Waals surface area contributed by atoms with Gasteiger partial charge in [0, 0.05) is 0 Å². The van der Waals surface area contributed by atoms with Crippen LogP contribution in [0.5, 0.6) is 0 Å². The molecule has 0 radical (unpaired) electrons. The lowest BCUT2D eigenvalue weighted by molar-refractivity contribution is -0.115. The van der Waals surface area contributed by atoms with Gasteiger partial charge in [-0.2, -0.15) is 0 Å². The second-order valence-corrected chi connectivity index (χ2v) is 4.67. The summed E-state index contributed by atoms with van der Waals surface area (Å²) in [5.41, 5.74) is 1.54. The molecule has 0 saturated heterocycles. The first kappa shape index (κ1) is 10.7. The van der Waals surface area contributed by atoms with E-state index in [1.165, 1.54) is 0 Å². The SMILES string of the molecule is Cc1cccc(C2=C(O)C(C)(C)NC2=O)c1. The molecule has 16 heavy (non-hydrogen) atoms. The van der Waals surface area contributed by atoms with Gasteiger partial charge in [0.15, 0.2) is 0 Å². The number of carbonyl (C=O) groups excluding carboxylic acids is 1. The van der Waals surface area contributed by atoms with Gasteiger partial charge in [0.25, 0.3) is 5.91 Å². The van der Waals surface area contributed by atoms with Crippen molar-refractivity contribution in [3.8, 4) is 0 Å². The van der Waals surface area contributed by atoms with Crippen LogP contribution in [0.15, 0.2) is 30.0 Å². The Morgan fingerprint density at radius 1 is 1.31 bits per heavy atom. The first-order valence-corrected chi connectivity index (χ1v) is 5.25. The molecular formula is C13H15NO2. The maximum absolute atomic E-state index is 11.8. The van der Waals surface area contributed by atoms with Crippen molar-refractivity contribution < 1.29 is 9.90 Å². The smallest absolute Gasteiger partial charge is 0.256 e. The highest BCUT2D eigenvalue weighted by Gasteiger charge is 2.38. The molecule has 1 heterocycles. The number of benzene rings is 1. The summed E-state index contributed by atoms with van der Waals surface area (Å²) >= 11 is 0. The highest BCUT2D eigenvalue weighted by Crippen LogP contribution is 2.31. The molecule has 0 bridgehead atoms. The predicted octanol–water partition coefficient (Wildman–Crippen LogP) is 2.17. The maximum Gasteiger partial charge on any atom is 0.256 e. The topological polar surface area (TPSA) is 49.3 Å². The molecule has 0 spiro atoms. The molecule has 3 nitrogen and oxygen atoms in total. The lowest BCUT2D eigenvalue weighted by Gasteiger charge is -2.17. The summed E-state index contributed by atoms with van der Waals surface area (Å²) in [7, 11) is 0. The number of hydrogen-bond donors (Lipinski definition) is 2. The number of aliphatic hydroxyl groups excluding tert-OH is 1. The molecule has 0 atom stereocenters. The molecule has 0 aromatic heterocycles. The van der Waals surface area contributed by atoms with Crippen LogP contribution in [-0.4, -0.2) is 16.6 Å². The van der Waals surface area contributed by atoms with Crippen LogP contribution in [0, 0.1) is 6.92 Å². The molecular weight excluding hydrogens is 202 g/mol. The Kier molecular flexibility index (Phi) is 2.26. The van der Waals surface area contributed by atoms with Crippen LogP contribution in [0.2, 0.25) is 0 Å². The molecule has 1 aromatic rings. The lowest BCUT2D eigenvalue weighted by Crippen LogP contribution is -2.38. The minimum Gasteiger partial charge on any atom is -0.509 e. The summed E-state index contributed by atoms with van der Waals surface area (Å²) in [6, 6.07) is 7.56. The van der Waals surface area contributed by atoms with Gasteiger partial charge in [-0.1, -0.05) is 29.8 Å². The van der Waals surface area contributed by atoms with Gasteiger partial charge >= 0.3 is 0 Å². The van der Waals surface area contributed by atoms with Crippen LogP contribution in [-0.2, 0) is 4.79 Å². The van der Waals surface area contributed by atoms with Crippen molar-refractivity contribution in [2.45, 2.75) is 26.3 Å². The summed E-state index contributed by atoms with van der Waals surface area (Å²) in [5.74, 6) is -0.101. The molecule has 3 heteroatoms. The van der Waals surface area contributed by atoms with Gasteiger partial charge in [0.1, 0.15) is 5.76 Å². The zero-order valence-electron chi connectivity index (χ0n) is 9.66. The average molecular weight is 217 g/mol. The minimum absolute atomic E-state index is 0.114. The van der Waals surface area contributed by atoms with E-state index in [2.05, 4.69) is 5.32 Å². The Labute approximate surface area is 94.8 Å². The molecule has 84 valence electrons. The van der Waals surface area contributed by atoms with Crippen LogP contribution in [0.4, 0.5) is 0 Å². The molecule has 0 aliphatic carbocycles. The Morgan fingerprint density at radius 2 is 2.00 bits per heavy atom. The minimum atomic E-state index is -0.670. The molecule has 0 fully saturated rings. The monoisotopic (exact) mass is 217 g/mol. The van der Waals surface area contributed by atoms with E-state index in [4.69, 9.17) is 0 Å². The van der Waals surface area contributed by atoms with E-state index in [0.717, 1.165) is 11.1 Å². The van der Waals surface area contributed by atoms with Crippen LogP contribution in [0.1, 0.15) is 25.0 Å². The molecule has 2 rings (SSSR count). The van der Waals surface area contributed by atoms with Gasteiger partial charge in [0.2, 0.25) is 0 Å². The highest BCUT2D eigenvalue weighted by molar-refractivity contribution is 6.23. The van der Waals surface area contributed by atoms with E-state index in [1.807, 2.05) is 31.2 Å². The van der Waals surface area contributed by atoms with Crippen molar-refractivity contribution in [1.29, 1.82) is 0 Å². The van der Waals surface area contributed by atoms with E-state index >= 15 is 0 Å². The largest absolute Gasteiger partial charge is 0.509 e. The van der Waals surface area contributed by atoms with Gasteiger partial charge in [-0.25, -0.2) is 0 Å². The number of aryl methyl sites for hydroxylation is 1. The lowest BCUT2D eigenvalue weighted by atomic mass is 9.98. The number of carbonyl (C=O) groups is 1. The van der Waals surface area contributed by atoms with Gasteiger partial charge < -0.3 is 10.4 Å². The van der Waals surface area contributed by atoms with Gasteiger partial charge in [-0.3, -0.25) is 4.79 Å². The van der Waals surface area contributed by atoms with Crippen LogP contribution < -0.4 is 5.32 Å². The summed E-state index contributed by atoms with van der Waals surface area (Å²) < 4.78 is 0. The van der Waals surface area contributed by atoms with Crippen molar-refractivity contribution in [3.05, 3.63) is 41.2 Å². The second kappa shape index (κ2) is 3.37. The number of hydrogen-bond acceptors (Lipinski definition) is 2. The quantitative estimate of drug-likeness (QED) is 0.757. The van der Waals surface area contributed by atoms with Crippen LogP contribution in [0.3, 0.4) is 0 Å². The van der Waals surface area contributed by atoms with Gasteiger partial charge in [-0.15, -0.1) is 0 Å². The van der Waals surface area contributed by atoms with Crippen molar-refractivity contribution >= 4 is 11.5 Å². The van der Waals surface area contributed by atoms with E-state index in [0.29, 0.717) is 5.57 Å². The van der Waals surface area contributed by atoms with Crippen molar-refractivity contribution in [2.24, 2.45) is 0 Å². The Hall–Kier alpha value is -1.77. The van der Waals surface area contributed by atoms with E-state index in [-0.39, 0.29) is 11.7 Å². The molecule has 2 N–H and O–H groups in total. The van der Waals surface area contributed by atoms with Crippen molar-refractivity contribution in [1.82, 2.24) is 5.32 Å². The van der Waals surface area contributed by atoms with Crippen molar-refractivity contribution in [2.75, 3.05) is 0 Å². The highest BCUT2D eigenvalue weighted by atomic mass is 16.3. The molecule has 1 aliphatic heterocycles. The first-order chi connectivity index (χ1) is 7.42. The average Bonchev–Trinajstić information content (AvgIpc) is 2.36. The van der Waals surface area contributed by atoms with Crippen molar-refractivity contribution in [3.63, 3.8) is 0 Å². The second-order valence-electron chi connectivity index (χ2n) is 4.67. The Bertz CT molecular complexity index is 486. The number of nitrogens with one attached hydrogen (secondary N) is 1. The number of aliphatic hydroxyl groups is 1. The number of rotatable bonds is 1. The normalized spacial score (nSPS) is 18.8. The summed E-state index contributed by atoms with van der Waals surface area (Å²) in [6.07, 6.45) is 0. The summed E-state index contributed by atoms with van der Waals surface area (Å²) in [5, 5.41) is 12.8. The predicted molar refractivity (Wildman–Crippen MR) is 62.9 cm³/mol. The number of amides is 1. The Morgan fingerprint density at radius 3 is 2.50 bits per heavy atom. The van der Waals surface area contributed by atoms with E-state index in [9.17, 15) is 9.90 Å². The summed E-state index contributed by atoms with van der Waals surface area (Å²) in [4.78, 5) is 11.8. The fourth-order valence-corrected chi connectivity index (χ4v) is 1.89. The van der Waals surface area contributed by atoms with E-state index in [1.54, 1.807) is 13.8 Å². The standard InChI is InChI=1S/C13H15NO2/c1-8-5-4-6-9(7-8)10-11(15)13(2,3)14-12(10)16/h4-7,15H,1-3H3,(H,14,16). The van der Waals surface area contributed by atoms with Crippen LogP contribution in [0.25, 0.3) is 5.57 Å². The maximum atomic E-state index is 11.8. The third-order valence-corrected chi connectivity index (χ3v) is 2.79. The zero-order chi connectivity index (χ0) is 11.9. The van der Waals surface area contributed by atoms with Crippen LogP contribution >= 0.6 is 0 Å². The van der Waals surface area contributed by atoms with Gasteiger partial charge in [-0.05, 0) is 26.3 Å². The molecule has 1 aliphatic rings. The Balaban J connectivity index is 2.56. The third kappa shape index (κ3) is 1.58. The molecule has 0 unspecified atom stereocenters. The fraction of sp³-hybridized carbons (Fsp3) is 0.308. The fourth-order valence-electron chi connectivity index (χ4n) is 1.89. The van der Waals surface area contributed by atoms with E-state index < -0.39 is 5.54 Å². The molecule has 0 saturated carbocycles. The third-order valence-electron chi connectivity index (χ3n) is 2.79. The summed E-state index contributed by atoms with van der Waals surface area (Å²) in [6.45, 7) is 5.52. The molecule has 1 amide bonds. The van der Waals surface area contributed by atoms with Gasteiger partial charge in [0.05, 0.1) is 11.1 Å². The molecule has 1 aromatic carbocycles.